The first kappa shape index (κ1) is 25.8. The largest absolute Gasteiger partial charge is 0.376 e. The first-order chi connectivity index (χ1) is 18.7. The van der Waals surface area contributed by atoms with Crippen molar-refractivity contribution >= 4 is 5.91 Å². The number of hydrogen-bond acceptors (Lipinski definition) is 4. The summed E-state index contributed by atoms with van der Waals surface area (Å²) in [7, 11) is 0. The van der Waals surface area contributed by atoms with Gasteiger partial charge in [-0.1, -0.05) is 91.0 Å². The van der Waals surface area contributed by atoms with Crippen LogP contribution in [0.5, 0.6) is 0 Å². The molecule has 1 amide bonds. The number of rotatable bonds is 7. The molecule has 0 aromatic heterocycles. The molecule has 0 bridgehead atoms. The number of carbonyl (C=O) groups excluding carboxylic acids is 1. The number of piperidine rings is 1. The Kier molecular flexibility index (Phi) is 8.53. The summed E-state index contributed by atoms with van der Waals surface area (Å²) in [4.78, 5) is 19.8. The third kappa shape index (κ3) is 6.33. The van der Waals surface area contributed by atoms with Crippen molar-refractivity contribution in [3.05, 3.63) is 119 Å². The number of amides is 1. The van der Waals surface area contributed by atoms with Crippen LogP contribution in [0.2, 0.25) is 0 Å². The number of nitrogens with zero attached hydrogens (tertiary/aromatic N) is 4. The molecule has 5 nitrogen and oxygen atoms in total. The predicted octanol–water partition coefficient (Wildman–Crippen LogP) is 5.28. The Morgan fingerprint density at radius 1 is 0.789 bits per heavy atom. The molecule has 2 fully saturated rings. The molecule has 0 atom stereocenters. The molecule has 2 aliphatic heterocycles. The maximum atomic E-state index is 13.3. The summed E-state index contributed by atoms with van der Waals surface area (Å²) in [6, 6.07) is 34.1. The van der Waals surface area contributed by atoms with E-state index in [4.69, 9.17) is 0 Å². The van der Waals surface area contributed by atoms with E-state index in [2.05, 4.69) is 94.7 Å². The molecular weight excluding hydrogens is 468 g/mol. The zero-order chi connectivity index (χ0) is 26.2. The van der Waals surface area contributed by atoms with Crippen LogP contribution in [-0.4, -0.2) is 59.9 Å². The molecule has 194 valence electrons. The van der Waals surface area contributed by atoms with Gasteiger partial charge in [0.1, 0.15) is 11.6 Å². The molecule has 0 radical (unpaired) electrons. The molecule has 2 heterocycles. The highest BCUT2D eigenvalue weighted by Crippen LogP contribution is 2.30. The maximum Gasteiger partial charge on any atom is 0.266 e. The second-order valence-electron chi connectivity index (χ2n) is 10.4. The molecule has 5 heteroatoms. The van der Waals surface area contributed by atoms with Crippen LogP contribution in [0.15, 0.2) is 103 Å². The summed E-state index contributed by atoms with van der Waals surface area (Å²) in [5, 5.41) is 9.84. The van der Waals surface area contributed by atoms with Gasteiger partial charge in [-0.15, -0.1) is 0 Å². The molecule has 0 spiro atoms. The quantitative estimate of drug-likeness (QED) is 0.324. The minimum Gasteiger partial charge on any atom is -0.376 e. The Morgan fingerprint density at radius 3 is 1.84 bits per heavy atom. The maximum absolute atomic E-state index is 13.3. The van der Waals surface area contributed by atoms with Crippen molar-refractivity contribution in [3.8, 4) is 6.07 Å². The molecule has 2 aliphatic rings. The lowest BCUT2D eigenvalue weighted by molar-refractivity contribution is -0.128. The smallest absolute Gasteiger partial charge is 0.266 e. The SMILES string of the molecule is N#C/C(=C/N1CCC(Cc2ccccc2)CC1)C(=O)N1CCN(C(c2ccccc2)c2ccccc2)CC1. The van der Waals surface area contributed by atoms with E-state index in [1.807, 2.05) is 23.2 Å². The Hall–Kier alpha value is -3.88. The number of carbonyl (C=O) groups is 1. The van der Waals surface area contributed by atoms with E-state index in [1.165, 1.54) is 16.7 Å². The zero-order valence-electron chi connectivity index (χ0n) is 22.0. The van der Waals surface area contributed by atoms with Crippen LogP contribution in [0.3, 0.4) is 0 Å². The minimum absolute atomic E-state index is 0.144. The Bertz CT molecular complexity index is 1200. The van der Waals surface area contributed by atoms with E-state index >= 15 is 0 Å². The fourth-order valence-corrected chi connectivity index (χ4v) is 5.79. The number of benzene rings is 3. The van der Waals surface area contributed by atoms with Crippen molar-refractivity contribution < 1.29 is 4.79 Å². The normalized spacial score (nSPS) is 17.4. The van der Waals surface area contributed by atoms with Crippen LogP contribution in [0.1, 0.15) is 35.6 Å². The van der Waals surface area contributed by atoms with Crippen molar-refractivity contribution in [3.63, 3.8) is 0 Å². The number of piperazine rings is 1. The number of hydrogen-bond donors (Lipinski definition) is 0. The second-order valence-corrected chi connectivity index (χ2v) is 10.4. The summed E-state index contributed by atoms with van der Waals surface area (Å²) in [6.07, 6.45) is 5.07. The standard InChI is InChI=1S/C33H36N4O/c34-25-31(26-35-18-16-28(17-19-35)24-27-10-4-1-5-11-27)33(38)37-22-20-36(21-23-37)32(29-12-6-2-7-13-29)30-14-8-3-9-15-30/h1-15,26,28,32H,16-24H2/b31-26-. The molecule has 3 aromatic rings. The average Bonchev–Trinajstić information content (AvgIpc) is 2.99. The molecule has 0 saturated carbocycles. The fraction of sp³-hybridized carbons (Fsp3) is 0.333. The van der Waals surface area contributed by atoms with Crippen LogP contribution in [0.4, 0.5) is 0 Å². The molecule has 38 heavy (non-hydrogen) atoms. The van der Waals surface area contributed by atoms with Gasteiger partial charge in [-0.2, -0.15) is 5.26 Å². The summed E-state index contributed by atoms with van der Waals surface area (Å²) in [6.45, 7) is 4.55. The first-order valence-corrected chi connectivity index (χ1v) is 13.7. The van der Waals surface area contributed by atoms with E-state index in [9.17, 15) is 10.1 Å². The summed E-state index contributed by atoms with van der Waals surface area (Å²) < 4.78 is 0. The third-order valence-corrected chi connectivity index (χ3v) is 7.88. The van der Waals surface area contributed by atoms with E-state index in [0.29, 0.717) is 19.0 Å². The number of nitriles is 1. The van der Waals surface area contributed by atoms with Gasteiger partial charge in [0, 0.05) is 45.5 Å². The molecule has 0 N–H and O–H groups in total. The lowest BCUT2D eigenvalue weighted by Crippen LogP contribution is -2.50. The van der Waals surface area contributed by atoms with Crippen LogP contribution in [0.25, 0.3) is 0 Å². The molecule has 5 rings (SSSR count). The van der Waals surface area contributed by atoms with E-state index in [1.54, 1.807) is 0 Å². The highest BCUT2D eigenvalue weighted by molar-refractivity contribution is 5.97. The van der Waals surface area contributed by atoms with Crippen LogP contribution >= 0.6 is 0 Å². The second kappa shape index (κ2) is 12.6. The Labute approximate surface area is 226 Å². The van der Waals surface area contributed by atoms with Gasteiger partial charge in [0.15, 0.2) is 0 Å². The minimum atomic E-state index is -0.144. The summed E-state index contributed by atoms with van der Waals surface area (Å²) in [5.74, 6) is 0.507. The van der Waals surface area contributed by atoms with Crippen molar-refractivity contribution in [2.24, 2.45) is 5.92 Å². The number of likely N-dealkylation sites (tertiary alicyclic amines) is 1. The van der Waals surface area contributed by atoms with Gasteiger partial charge in [0.05, 0.1) is 6.04 Å². The van der Waals surface area contributed by atoms with Crippen LogP contribution < -0.4 is 0 Å². The highest BCUT2D eigenvalue weighted by atomic mass is 16.2. The summed E-state index contributed by atoms with van der Waals surface area (Å²) >= 11 is 0. The van der Waals surface area contributed by atoms with E-state index in [0.717, 1.165) is 45.4 Å². The molecule has 0 unspecified atom stereocenters. The lowest BCUT2D eigenvalue weighted by Gasteiger charge is -2.40. The van der Waals surface area contributed by atoms with Crippen molar-refractivity contribution in [1.29, 1.82) is 5.26 Å². The fourth-order valence-electron chi connectivity index (χ4n) is 5.79. The van der Waals surface area contributed by atoms with Gasteiger partial charge in [-0.25, -0.2) is 0 Å². The van der Waals surface area contributed by atoms with Crippen molar-refractivity contribution in [2.75, 3.05) is 39.3 Å². The Morgan fingerprint density at radius 2 is 1.32 bits per heavy atom. The van der Waals surface area contributed by atoms with Gasteiger partial charge in [-0.05, 0) is 41.9 Å². The molecule has 2 saturated heterocycles. The summed E-state index contributed by atoms with van der Waals surface area (Å²) in [5.41, 5.74) is 4.15. The first-order valence-electron chi connectivity index (χ1n) is 13.7. The van der Waals surface area contributed by atoms with Gasteiger partial charge in [0.25, 0.3) is 5.91 Å². The molecular formula is C33H36N4O. The molecule has 0 aliphatic carbocycles. The predicted molar refractivity (Wildman–Crippen MR) is 151 cm³/mol. The highest BCUT2D eigenvalue weighted by Gasteiger charge is 2.29. The topological polar surface area (TPSA) is 50.6 Å². The average molecular weight is 505 g/mol. The Balaban J connectivity index is 1.18. The van der Waals surface area contributed by atoms with Crippen LogP contribution in [-0.2, 0) is 11.2 Å². The van der Waals surface area contributed by atoms with Crippen molar-refractivity contribution in [2.45, 2.75) is 25.3 Å². The van der Waals surface area contributed by atoms with Gasteiger partial charge in [-0.3, -0.25) is 9.69 Å². The van der Waals surface area contributed by atoms with Crippen molar-refractivity contribution in [1.82, 2.24) is 14.7 Å². The van der Waals surface area contributed by atoms with Gasteiger partial charge < -0.3 is 9.80 Å². The van der Waals surface area contributed by atoms with E-state index in [-0.39, 0.29) is 17.5 Å². The monoisotopic (exact) mass is 504 g/mol. The van der Waals surface area contributed by atoms with E-state index < -0.39 is 0 Å². The molecule has 3 aromatic carbocycles. The lowest BCUT2D eigenvalue weighted by atomic mass is 9.90. The zero-order valence-corrected chi connectivity index (χ0v) is 22.0. The third-order valence-electron chi connectivity index (χ3n) is 7.88. The van der Waals surface area contributed by atoms with Gasteiger partial charge in [0.2, 0.25) is 0 Å². The van der Waals surface area contributed by atoms with Gasteiger partial charge >= 0.3 is 0 Å². The van der Waals surface area contributed by atoms with Crippen LogP contribution in [0, 0.1) is 17.2 Å².